The first kappa shape index (κ1) is 9.49. The van der Waals surface area contributed by atoms with E-state index in [1.165, 1.54) is 10.8 Å². The number of rotatable bonds is 0. The van der Waals surface area contributed by atoms with Crippen LogP contribution in [0, 0.1) is 0 Å². The molecule has 0 bridgehead atoms. The number of hydrogen-bond acceptors (Lipinski definition) is 1. The lowest BCUT2D eigenvalue weighted by Crippen LogP contribution is -1.87. The molecule has 3 aromatic carbocycles. The molecule has 2 heteroatoms. The topological polar surface area (TPSA) is 26.0 Å². The first-order valence-corrected chi connectivity index (χ1v) is 5.50. The van der Waals surface area contributed by atoms with Crippen LogP contribution in [0.15, 0.2) is 48.5 Å². The van der Waals surface area contributed by atoms with Gasteiger partial charge in [0, 0.05) is 21.5 Å². The first-order chi connectivity index (χ1) is 7.75. The zero-order chi connectivity index (χ0) is 11.1. The van der Waals surface area contributed by atoms with Gasteiger partial charge in [0.1, 0.15) is 0 Å². The van der Waals surface area contributed by atoms with Crippen LogP contribution in [0.4, 0.5) is 5.69 Å². The van der Waals surface area contributed by atoms with Gasteiger partial charge in [0.15, 0.2) is 0 Å². The molecule has 0 saturated carbocycles. The number of nitrogens with two attached hydrogens (primary N) is 1. The van der Waals surface area contributed by atoms with Crippen molar-refractivity contribution in [2.45, 2.75) is 0 Å². The summed E-state index contributed by atoms with van der Waals surface area (Å²) in [6.07, 6.45) is 0. The summed E-state index contributed by atoms with van der Waals surface area (Å²) in [5.41, 5.74) is 6.73. The van der Waals surface area contributed by atoms with Crippen molar-refractivity contribution >= 4 is 38.8 Å². The number of fused-ring (bicyclic) bond motifs is 2. The lowest BCUT2D eigenvalue weighted by Gasteiger charge is -2.06. The van der Waals surface area contributed by atoms with Gasteiger partial charge in [-0.1, -0.05) is 35.9 Å². The van der Waals surface area contributed by atoms with Gasteiger partial charge < -0.3 is 5.73 Å². The molecule has 2 N–H and O–H groups in total. The molecule has 0 aliphatic rings. The summed E-state index contributed by atoms with van der Waals surface area (Å²) in [7, 11) is 0. The van der Waals surface area contributed by atoms with Gasteiger partial charge in [-0.15, -0.1) is 0 Å². The minimum Gasteiger partial charge on any atom is -0.398 e. The van der Waals surface area contributed by atoms with Crippen molar-refractivity contribution in [1.29, 1.82) is 0 Å². The molecule has 78 valence electrons. The maximum Gasteiger partial charge on any atom is 0.0486 e. The Morgan fingerprint density at radius 3 is 2.12 bits per heavy atom. The fourth-order valence-corrected chi connectivity index (χ4v) is 2.24. The van der Waals surface area contributed by atoms with E-state index in [9.17, 15) is 0 Å². The third kappa shape index (κ3) is 1.33. The van der Waals surface area contributed by atoms with Crippen LogP contribution < -0.4 is 5.73 Å². The van der Waals surface area contributed by atoms with Crippen molar-refractivity contribution in [2.75, 3.05) is 5.73 Å². The van der Waals surface area contributed by atoms with Crippen molar-refractivity contribution in [3.8, 4) is 0 Å². The molecule has 0 unspecified atom stereocenters. The van der Waals surface area contributed by atoms with Crippen LogP contribution in [0.2, 0.25) is 5.02 Å². The maximum absolute atomic E-state index is 6.17. The Morgan fingerprint density at radius 1 is 0.812 bits per heavy atom. The lowest BCUT2D eigenvalue weighted by molar-refractivity contribution is 1.74. The van der Waals surface area contributed by atoms with Crippen LogP contribution in [0.1, 0.15) is 0 Å². The van der Waals surface area contributed by atoms with Crippen molar-refractivity contribution in [1.82, 2.24) is 0 Å². The molecule has 0 aliphatic heterocycles. The van der Waals surface area contributed by atoms with Crippen molar-refractivity contribution in [3.05, 3.63) is 53.6 Å². The smallest absolute Gasteiger partial charge is 0.0486 e. The van der Waals surface area contributed by atoms with E-state index in [1.807, 2.05) is 24.3 Å². The summed E-state index contributed by atoms with van der Waals surface area (Å²) >= 11 is 6.17. The number of hydrogen-bond donors (Lipinski definition) is 1. The van der Waals surface area contributed by atoms with E-state index < -0.39 is 0 Å². The zero-order valence-electron chi connectivity index (χ0n) is 8.57. The van der Waals surface area contributed by atoms with Crippen LogP contribution >= 0.6 is 11.6 Å². The molecule has 0 atom stereocenters. The van der Waals surface area contributed by atoms with Crippen LogP contribution in [-0.2, 0) is 0 Å². The molecule has 0 aliphatic carbocycles. The number of halogens is 1. The fourth-order valence-electron chi connectivity index (χ4n) is 2.02. The van der Waals surface area contributed by atoms with E-state index in [4.69, 9.17) is 17.3 Å². The molecular weight excluding hydrogens is 218 g/mol. The molecule has 0 fully saturated rings. The SMILES string of the molecule is Nc1ccc(Cl)c2cc3ccccc3cc12. The fraction of sp³-hybridized carbons (Fsp3) is 0. The van der Waals surface area contributed by atoms with Gasteiger partial charge in [0.25, 0.3) is 0 Å². The van der Waals surface area contributed by atoms with E-state index in [-0.39, 0.29) is 0 Å². The second kappa shape index (κ2) is 3.39. The summed E-state index contributed by atoms with van der Waals surface area (Å²) in [6, 6.07) is 16.1. The highest BCUT2D eigenvalue weighted by molar-refractivity contribution is 6.36. The molecule has 0 spiro atoms. The van der Waals surface area contributed by atoms with Gasteiger partial charge in [0.2, 0.25) is 0 Å². The van der Waals surface area contributed by atoms with Gasteiger partial charge in [-0.3, -0.25) is 0 Å². The molecule has 0 saturated heterocycles. The molecule has 3 rings (SSSR count). The average molecular weight is 228 g/mol. The third-order valence-corrected chi connectivity index (χ3v) is 3.19. The van der Waals surface area contributed by atoms with Gasteiger partial charge in [0.05, 0.1) is 0 Å². The molecule has 0 radical (unpaired) electrons. The van der Waals surface area contributed by atoms with Crippen LogP contribution in [0.25, 0.3) is 21.5 Å². The maximum atomic E-state index is 6.17. The Hall–Kier alpha value is -1.73. The standard InChI is InChI=1S/C14H10ClN/c15-13-5-6-14(16)12-8-10-4-2-1-3-9(10)7-11(12)13/h1-8H,16H2. The second-order valence-electron chi connectivity index (χ2n) is 3.88. The van der Waals surface area contributed by atoms with Crippen LogP contribution in [0.3, 0.4) is 0 Å². The van der Waals surface area contributed by atoms with E-state index >= 15 is 0 Å². The highest BCUT2D eigenvalue weighted by Gasteiger charge is 2.04. The largest absolute Gasteiger partial charge is 0.398 e. The molecule has 0 heterocycles. The molecule has 3 aromatic rings. The second-order valence-corrected chi connectivity index (χ2v) is 4.29. The molecule has 0 amide bonds. The lowest BCUT2D eigenvalue weighted by atomic mass is 10.0. The average Bonchev–Trinajstić information content (AvgIpc) is 2.32. The molecule has 16 heavy (non-hydrogen) atoms. The van der Waals surface area contributed by atoms with Crippen LogP contribution in [0.5, 0.6) is 0 Å². The van der Waals surface area contributed by atoms with Crippen molar-refractivity contribution < 1.29 is 0 Å². The van der Waals surface area contributed by atoms with E-state index in [0.717, 1.165) is 21.5 Å². The van der Waals surface area contributed by atoms with E-state index in [2.05, 4.69) is 24.3 Å². The summed E-state index contributed by atoms with van der Waals surface area (Å²) in [4.78, 5) is 0. The highest BCUT2D eigenvalue weighted by atomic mass is 35.5. The quantitative estimate of drug-likeness (QED) is 0.451. The van der Waals surface area contributed by atoms with Gasteiger partial charge in [-0.25, -0.2) is 0 Å². The molecular formula is C14H10ClN. The number of anilines is 1. The molecule has 0 aromatic heterocycles. The van der Waals surface area contributed by atoms with Crippen LogP contribution in [-0.4, -0.2) is 0 Å². The summed E-state index contributed by atoms with van der Waals surface area (Å²) in [5.74, 6) is 0. The van der Waals surface area contributed by atoms with Gasteiger partial charge in [-0.2, -0.15) is 0 Å². The first-order valence-electron chi connectivity index (χ1n) is 5.12. The summed E-state index contributed by atoms with van der Waals surface area (Å²) in [5, 5.41) is 5.15. The number of nitrogen functional groups attached to an aromatic ring is 1. The predicted molar refractivity (Wildman–Crippen MR) is 70.9 cm³/mol. The van der Waals surface area contributed by atoms with E-state index in [1.54, 1.807) is 0 Å². The minimum absolute atomic E-state index is 0.745. The van der Waals surface area contributed by atoms with Gasteiger partial charge >= 0.3 is 0 Å². The normalized spacial score (nSPS) is 11.1. The van der Waals surface area contributed by atoms with Crippen molar-refractivity contribution in [3.63, 3.8) is 0 Å². The summed E-state index contributed by atoms with van der Waals surface area (Å²) in [6.45, 7) is 0. The Bertz CT molecular complexity index is 629. The minimum atomic E-state index is 0.745. The zero-order valence-corrected chi connectivity index (χ0v) is 9.33. The predicted octanol–water partition coefficient (Wildman–Crippen LogP) is 4.23. The Kier molecular flexibility index (Phi) is 2.01. The summed E-state index contributed by atoms with van der Waals surface area (Å²) < 4.78 is 0. The molecule has 1 nitrogen and oxygen atoms in total. The highest BCUT2D eigenvalue weighted by Crippen LogP contribution is 2.31. The monoisotopic (exact) mass is 227 g/mol. The van der Waals surface area contributed by atoms with Gasteiger partial charge in [-0.05, 0) is 35.0 Å². The van der Waals surface area contributed by atoms with Crippen molar-refractivity contribution in [2.24, 2.45) is 0 Å². The third-order valence-electron chi connectivity index (χ3n) is 2.86. The van der Waals surface area contributed by atoms with E-state index in [0.29, 0.717) is 0 Å². The Morgan fingerprint density at radius 2 is 1.44 bits per heavy atom. The number of benzene rings is 3. The Labute approximate surface area is 98.4 Å². The Balaban J connectivity index is 2.56.